The van der Waals surface area contributed by atoms with Crippen LogP contribution in [0.1, 0.15) is 37.7 Å². The number of benzene rings is 1. The lowest BCUT2D eigenvalue weighted by Crippen LogP contribution is -2.39. The quantitative estimate of drug-likeness (QED) is 0.640. The summed E-state index contributed by atoms with van der Waals surface area (Å²) in [5, 5.41) is 12.7. The van der Waals surface area contributed by atoms with Gasteiger partial charge in [-0.1, -0.05) is 29.8 Å². The van der Waals surface area contributed by atoms with Crippen molar-refractivity contribution in [1.29, 1.82) is 0 Å². The number of rotatable bonds is 1. The monoisotopic (exact) mass is 304 g/mol. The van der Waals surface area contributed by atoms with Crippen LogP contribution in [-0.4, -0.2) is 34.4 Å². The Labute approximate surface area is 129 Å². The number of amides is 1. The Balaban J connectivity index is 1.92. The first-order valence-corrected chi connectivity index (χ1v) is 8.59. The Morgan fingerprint density at radius 2 is 2.14 bits per heavy atom. The van der Waals surface area contributed by atoms with Gasteiger partial charge >= 0.3 is 0 Å². The number of para-hydroxylation sites is 1. The number of hydrogen-bond acceptors (Lipinski definition) is 4. The summed E-state index contributed by atoms with van der Waals surface area (Å²) in [6.45, 7) is 0.700. The minimum atomic E-state index is 0.0828. The molecule has 5 heteroatoms. The Hall–Kier alpha value is -1.49. The molecule has 3 rings (SSSR count). The van der Waals surface area contributed by atoms with Gasteiger partial charge in [0.05, 0.1) is 16.6 Å². The minimum absolute atomic E-state index is 0.0828. The highest BCUT2D eigenvalue weighted by molar-refractivity contribution is 8.00. The van der Waals surface area contributed by atoms with Crippen LogP contribution in [0.15, 0.2) is 29.4 Å². The first kappa shape index (κ1) is 14.4. The second-order valence-electron chi connectivity index (χ2n) is 5.51. The van der Waals surface area contributed by atoms with Crippen molar-refractivity contribution in [2.75, 3.05) is 17.2 Å². The van der Waals surface area contributed by atoms with Crippen LogP contribution in [0.2, 0.25) is 0 Å². The third-order valence-corrected chi connectivity index (χ3v) is 5.51. The molecule has 1 amide bonds. The fourth-order valence-electron chi connectivity index (χ4n) is 3.05. The van der Waals surface area contributed by atoms with Gasteiger partial charge in [-0.05, 0) is 37.5 Å². The molecule has 2 heterocycles. The van der Waals surface area contributed by atoms with Crippen LogP contribution in [0, 0.1) is 0 Å². The smallest absolute Gasteiger partial charge is 0.240 e. The second kappa shape index (κ2) is 6.52. The van der Waals surface area contributed by atoms with E-state index in [1.165, 1.54) is 6.42 Å². The van der Waals surface area contributed by atoms with Crippen molar-refractivity contribution in [3.63, 3.8) is 0 Å². The molecule has 2 aliphatic heterocycles. The minimum Gasteiger partial charge on any atom is -0.411 e. The summed E-state index contributed by atoms with van der Waals surface area (Å²) in [6.07, 6.45) is 4.87. The summed E-state index contributed by atoms with van der Waals surface area (Å²) in [7, 11) is 0. The first-order chi connectivity index (χ1) is 10.3. The first-order valence-electron chi connectivity index (χ1n) is 7.54. The van der Waals surface area contributed by atoms with E-state index in [9.17, 15) is 10.0 Å². The van der Waals surface area contributed by atoms with Crippen LogP contribution in [0.25, 0.3) is 0 Å². The average molecular weight is 304 g/mol. The molecule has 0 spiro atoms. The summed E-state index contributed by atoms with van der Waals surface area (Å²) in [5.74, 6) is 1.29. The van der Waals surface area contributed by atoms with E-state index in [0.29, 0.717) is 18.7 Å². The zero-order chi connectivity index (χ0) is 14.7. The predicted octanol–water partition coefficient (Wildman–Crippen LogP) is 3.28. The number of anilines is 1. The molecule has 4 nitrogen and oxygen atoms in total. The fraction of sp³-hybridized carbons (Fsp3) is 0.500. The van der Waals surface area contributed by atoms with Gasteiger partial charge in [0.2, 0.25) is 5.91 Å². The number of nitrogens with zero attached hydrogens (tertiary/aromatic N) is 2. The van der Waals surface area contributed by atoms with Gasteiger partial charge in [-0.2, -0.15) is 0 Å². The van der Waals surface area contributed by atoms with Gasteiger partial charge in [0.25, 0.3) is 0 Å². The van der Waals surface area contributed by atoms with Crippen LogP contribution in [-0.2, 0) is 4.79 Å². The molecule has 1 unspecified atom stereocenters. The van der Waals surface area contributed by atoms with Gasteiger partial charge < -0.3 is 10.1 Å². The lowest BCUT2D eigenvalue weighted by molar-refractivity contribution is -0.118. The number of carbonyl (C=O) groups is 1. The van der Waals surface area contributed by atoms with Gasteiger partial charge in [0.15, 0.2) is 0 Å². The van der Waals surface area contributed by atoms with Crippen molar-refractivity contribution >= 4 is 29.1 Å². The molecule has 1 aromatic carbocycles. The molecule has 2 aliphatic rings. The molecule has 0 saturated carbocycles. The average Bonchev–Trinajstić information content (AvgIpc) is 2.74. The predicted molar refractivity (Wildman–Crippen MR) is 86.4 cm³/mol. The highest BCUT2D eigenvalue weighted by atomic mass is 32.2. The van der Waals surface area contributed by atoms with Crippen molar-refractivity contribution in [3.8, 4) is 0 Å². The van der Waals surface area contributed by atoms with E-state index < -0.39 is 0 Å². The van der Waals surface area contributed by atoms with Crippen molar-refractivity contribution in [2.45, 2.75) is 37.4 Å². The Morgan fingerprint density at radius 3 is 2.90 bits per heavy atom. The summed E-state index contributed by atoms with van der Waals surface area (Å²) >= 11 is 1.78. The van der Waals surface area contributed by atoms with Crippen LogP contribution in [0.5, 0.6) is 0 Å². The molecule has 1 aromatic rings. The molecule has 0 aliphatic carbocycles. The standard InChI is InChI=1S/C16H20N2O2S/c19-16(15-9-3-4-11-21-15)18-10-5-7-13(17-20)12-6-1-2-8-14(12)18/h1-2,6,8,15,20H,3-5,7,9-11H2/b17-13-. The summed E-state index contributed by atoms with van der Waals surface area (Å²) < 4.78 is 0. The number of oxime groups is 1. The molecule has 0 bridgehead atoms. The molecule has 1 fully saturated rings. The third kappa shape index (κ3) is 2.93. The number of carbonyl (C=O) groups excluding carboxylic acids is 1. The van der Waals surface area contributed by atoms with Crippen LogP contribution in [0.3, 0.4) is 0 Å². The van der Waals surface area contributed by atoms with Crippen molar-refractivity contribution < 1.29 is 10.0 Å². The molecule has 0 radical (unpaired) electrons. The zero-order valence-corrected chi connectivity index (χ0v) is 12.8. The molecule has 1 atom stereocenters. The number of fused-ring (bicyclic) bond motifs is 1. The van der Waals surface area contributed by atoms with Crippen LogP contribution in [0.4, 0.5) is 5.69 Å². The van der Waals surface area contributed by atoms with Crippen molar-refractivity contribution in [3.05, 3.63) is 29.8 Å². The van der Waals surface area contributed by atoms with E-state index in [2.05, 4.69) is 5.16 Å². The highest BCUT2D eigenvalue weighted by Crippen LogP contribution is 2.32. The number of thioether (sulfide) groups is 1. The molecule has 112 valence electrons. The molecular weight excluding hydrogens is 284 g/mol. The summed E-state index contributed by atoms with van der Waals surface area (Å²) in [5.41, 5.74) is 2.45. The maximum absolute atomic E-state index is 12.9. The fourth-order valence-corrected chi connectivity index (χ4v) is 4.31. The van der Waals surface area contributed by atoms with Gasteiger partial charge in [0, 0.05) is 12.1 Å². The molecular formula is C16H20N2O2S. The normalized spacial score (nSPS) is 24.5. The lowest BCUT2D eigenvalue weighted by Gasteiger charge is -2.29. The van der Waals surface area contributed by atoms with E-state index in [4.69, 9.17) is 0 Å². The number of hydrogen-bond donors (Lipinski definition) is 1. The van der Waals surface area contributed by atoms with E-state index >= 15 is 0 Å². The largest absolute Gasteiger partial charge is 0.411 e. The Bertz CT molecular complexity index is 553. The van der Waals surface area contributed by atoms with Crippen LogP contribution >= 0.6 is 11.8 Å². The molecule has 1 N–H and O–H groups in total. The second-order valence-corrected chi connectivity index (χ2v) is 6.82. The van der Waals surface area contributed by atoms with Gasteiger partial charge in [-0.15, -0.1) is 11.8 Å². The van der Waals surface area contributed by atoms with Crippen molar-refractivity contribution in [2.24, 2.45) is 5.16 Å². The molecule has 0 aromatic heterocycles. The maximum Gasteiger partial charge on any atom is 0.240 e. The summed E-state index contributed by atoms with van der Waals surface area (Å²) in [6, 6.07) is 7.75. The topological polar surface area (TPSA) is 52.9 Å². The van der Waals surface area contributed by atoms with E-state index in [-0.39, 0.29) is 11.2 Å². The van der Waals surface area contributed by atoms with Gasteiger partial charge in [0.1, 0.15) is 0 Å². The summed E-state index contributed by atoms with van der Waals surface area (Å²) in [4.78, 5) is 14.8. The third-order valence-electron chi connectivity index (χ3n) is 4.14. The Morgan fingerprint density at radius 1 is 1.29 bits per heavy atom. The van der Waals surface area contributed by atoms with E-state index in [0.717, 1.165) is 36.3 Å². The van der Waals surface area contributed by atoms with E-state index in [1.807, 2.05) is 29.2 Å². The molecule has 1 saturated heterocycles. The highest BCUT2D eigenvalue weighted by Gasteiger charge is 2.30. The SMILES string of the molecule is O=C(C1CCCCS1)N1CCC/C(=N/O)c2ccccc21. The van der Waals surface area contributed by atoms with Crippen molar-refractivity contribution in [1.82, 2.24) is 0 Å². The van der Waals surface area contributed by atoms with Crippen LogP contribution < -0.4 is 4.90 Å². The van der Waals surface area contributed by atoms with Gasteiger partial charge in [-0.25, -0.2) is 0 Å². The zero-order valence-electron chi connectivity index (χ0n) is 12.0. The van der Waals surface area contributed by atoms with Gasteiger partial charge in [-0.3, -0.25) is 4.79 Å². The molecule has 21 heavy (non-hydrogen) atoms. The Kier molecular flexibility index (Phi) is 4.48. The lowest BCUT2D eigenvalue weighted by atomic mass is 10.1. The maximum atomic E-state index is 12.9. The van der Waals surface area contributed by atoms with E-state index in [1.54, 1.807) is 11.8 Å².